The predicted molar refractivity (Wildman–Crippen MR) is 192 cm³/mol. The second-order valence-corrected chi connectivity index (χ2v) is 12.6. The van der Waals surface area contributed by atoms with E-state index in [1.165, 1.54) is 57.8 Å². The molecule has 2 atom stereocenters. The van der Waals surface area contributed by atoms with Gasteiger partial charge in [-0.25, -0.2) is 0 Å². The van der Waals surface area contributed by atoms with E-state index in [2.05, 4.69) is 56.4 Å². The molecule has 46 heavy (non-hydrogen) atoms. The van der Waals surface area contributed by atoms with Crippen molar-refractivity contribution in [3.05, 3.63) is 60.8 Å². The molecule has 0 bridgehead atoms. The summed E-state index contributed by atoms with van der Waals surface area (Å²) < 4.78 is 10.3. The minimum atomic E-state index is -0.996. The molecule has 0 saturated carbocycles. The third kappa shape index (κ3) is 34.4. The van der Waals surface area contributed by atoms with Crippen LogP contribution in [0.5, 0.6) is 0 Å². The fourth-order valence-corrected chi connectivity index (χ4v) is 4.67. The molecule has 0 aliphatic rings. The number of rotatable bonds is 31. The van der Waals surface area contributed by atoms with Gasteiger partial charge in [0.15, 0.2) is 0 Å². The van der Waals surface area contributed by atoms with Crippen molar-refractivity contribution in [2.24, 2.45) is 5.92 Å². The van der Waals surface area contributed by atoms with Crippen molar-refractivity contribution < 1.29 is 29.3 Å². The summed E-state index contributed by atoms with van der Waals surface area (Å²) in [7, 11) is 0. The molecule has 0 aliphatic heterocycles. The summed E-state index contributed by atoms with van der Waals surface area (Å²) in [4.78, 5) is 23.9. The summed E-state index contributed by atoms with van der Waals surface area (Å²) in [6.07, 6.45) is 39.4. The molecule has 0 aromatic carbocycles. The molecule has 6 heteroatoms. The predicted octanol–water partition coefficient (Wildman–Crippen LogP) is 10.1. The summed E-state index contributed by atoms with van der Waals surface area (Å²) in [6.45, 7) is 6.24. The van der Waals surface area contributed by atoms with E-state index in [9.17, 15) is 19.8 Å². The Hall–Kier alpha value is -2.44. The molecule has 264 valence electrons. The lowest BCUT2D eigenvalue weighted by Crippen LogP contribution is -2.25. The van der Waals surface area contributed by atoms with Crippen molar-refractivity contribution in [3.63, 3.8) is 0 Å². The van der Waals surface area contributed by atoms with E-state index >= 15 is 0 Å². The van der Waals surface area contributed by atoms with Crippen LogP contribution in [0.3, 0.4) is 0 Å². The van der Waals surface area contributed by atoms with E-state index in [4.69, 9.17) is 9.47 Å². The van der Waals surface area contributed by atoms with Crippen molar-refractivity contribution in [1.29, 1.82) is 0 Å². The molecule has 0 amide bonds. The Balaban J connectivity index is 3.59. The zero-order valence-electron chi connectivity index (χ0n) is 29.6. The van der Waals surface area contributed by atoms with E-state index in [1.54, 1.807) is 6.08 Å². The molecule has 0 radical (unpaired) electrons. The number of aliphatic hydroxyl groups is 2. The van der Waals surface area contributed by atoms with Crippen LogP contribution in [0.1, 0.15) is 149 Å². The molecule has 0 spiro atoms. The zero-order chi connectivity index (χ0) is 33.9. The number of carbonyl (C=O) groups is 2. The summed E-state index contributed by atoms with van der Waals surface area (Å²) in [5.74, 6) is 0.174. The van der Waals surface area contributed by atoms with Gasteiger partial charge in [-0.1, -0.05) is 152 Å². The quantitative estimate of drug-likeness (QED) is 0.0338. The van der Waals surface area contributed by atoms with Crippen molar-refractivity contribution >= 4 is 11.9 Å². The molecule has 6 nitrogen and oxygen atoms in total. The highest BCUT2D eigenvalue weighted by atomic mass is 16.6. The third-order valence-electron chi connectivity index (χ3n) is 7.60. The first-order chi connectivity index (χ1) is 22.3. The van der Waals surface area contributed by atoms with Gasteiger partial charge in [0.05, 0.1) is 6.10 Å². The average molecular weight is 645 g/mol. The van der Waals surface area contributed by atoms with Gasteiger partial charge in [0.2, 0.25) is 0 Å². The second kappa shape index (κ2) is 33.9. The smallest absolute Gasteiger partial charge is 0.305 e. The summed E-state index contributed by atoms with van der Waals surface area (Å²) in [5, 5.41) is 19.4. The van der Waals surface area contributed by atoms with Gasteiger partial charge in [-0.2, -0.15) is 0 Å². The maximum atomic E-state index is 11.9. The monoisotopic (exact) mass is 645 g/mol. The van der Waals surface area contributed by atoms with Crippen molar-refractivity contribution in [1.82, 2.24) is 0 Å². The number of allylic oxidation sites excluding steroid dienone is 9. The van der Waals surface area contributed by atoms with Gasteiger partial charge in [0, 0.05) is 12.8 Å². The van der Waals surface area contributed by atoms with Gasteiger partial charge in [-0.05, 0) is 50.9 Å². The van der Waals surface area contributed by atoms with Gasteiger partial charge in [0.1, 0.15) is 19.3 Å². The molecule has 0 saturated heterocycles. The maximum absolute atomic E-state index is 11.9. The summed E-state index contributed by atoms with van der Waals surface area (Å²) >= 11 is 0. The third-order valence-corrected chi connectivity index (χ3v) is 7.60. The van der Waals surface area contributed by atoms with Crippen LogP contribution in [-0.4, -0.2) is 47.6 Å². The highest BCUT2D eigenvalue weighted by Crippen LogP contribution is 2.14. The standard InChI is InChI=1S/C40H68O6/c1-4-37(41)31-27-23-19-15-11-7-5-6-8-12-16-20-24-28-32-39(43)45-34-38(42)35-46-40(44)33-29-25-21-17-13-9-10-14-18-22-26-30-36(2)3/h6-8,11,16,19-20,23,27,31,36-38,41-42H,4-5,9-10,12-15,17-18,21-22,24-26,28-30,32-35H2,1-3H3/b8-6-,11-7-,20-16-,23-19-,31-27+/t37-,38+/m0/s1. The molecule has 0 aromatic rings. The molecule has 0 fully saturated rings. The number of unbranched alkanes of at least 4 members (excludes halogenated alkanes) is 11. The van der Waals surface area contributed by atoms with Crippen LogP contribution in [0.15, 0.2) is 60.8 Å². The van der Waals surface area contributed by atoms with Crippen LogP contribution >= 0.6 is 0 Å². The first kappa shape index (κ1) is 43.6. The number of hydrogen-bond acceptors (Lipinski definition) is 6. The maximum Gasteiger partial charge on any atom is 0.305 e. The summed E-state index contributed by atoms with van der Waals surface area (Å²) in [6, 6.07) is 0. The Bertz CT molecular complexity index is 854. The first-order valence-electron chi connectivity index (χ1n) is 18.3. The normalized spacial score (nSPS) is 13.7. The number of carbonyl (C=O) groups excluding carboxylic acids is 2. The van der Waals surface area contributed by atoms with Gasteiger partial charge in [0.25, 0.3) is 0 Å². The fraction of sp³-hybridized carbons (Fsp3) is 0.700. The Kier molecular flexibility index (Phi) is 32.1. The zero-order valence-corrected chi connectivity index (χ0v) is 29.6. The average Bonchev–Trinajstić information content (AvgIpc) is 3.04. The lowest BCUT2D eigenvalue weighted by atomic mass is 10.0. The van der Waals surface area contributed by atoms with Crippen molar-refractivity contribution in [3.8, 4) is 0 Å². The molecule has 0 unspecified atom stereocenters. The molecular weight excluding hydrogens is 576 g/mol. The van der Waals surface area contributed by atoms with Gasteiger partial charge in [-0.3, -0.25) is 9.59 Å². The Morgan fingerprint density at radius 2 is 1.04 bits per heavy atom. The van der Waals surface area contributed by atoms with Crippen LogP contribution in [0, 0.1) is 5.92 Å². The first-order valence-corrected chi connectivity index (χ1v) is 18.3. The number of hydrogen-bond donors (Lipinski definition) is 2. The lowest BCUT2D eigenvalue weighted by molar-refractivity contribution is -0.152. The van der Waals surface area contributed by atoms with Gasteiger partial charge < -0.3 is 19.7 Å². The van der Waals surface area contributed by atoms with E-state index in [0.29, 0.717) is 19.3 Å². The van der Waals surface area contributed by atoms with E-state index in [0.717, 1.165) is 57.3 Å². The highest BCUT2D eigenvalue weighted by Gasteiger charge is 2.12. The van der Waals surface area contributed by atoms with Gasteiger partial charge in [-0.15, -0.1) is 0 Å². The number of ether oxygens (including phenoxy) is 2. The van der Waals surface area contributed by atoms with Crippen molar-refractivity contribution in [2.45, 2.75) is 161 Å². The van der Waals surface area contributed by atoms with E-state index < -0.39 is 6.10 Å². The minimum Gasteiger partial charge on any atom is -0.463 e. The molecule has 0 heterocycles. The van der Waals surface area contributed by atoms with E-state index in [1.807, 2.05) is 19.1 Å². The van der Waals surface area contributed by atoms with Crippen LogP contribution < -0.4 is 0 Å². The number of esters is 2. The van der Waals surface area contributed by atoms with Gasteiger partial charge >= 0.3 is 11.9 Å². The molecular formula is C40H68O6. The second-order valence-electron chi connectivity index (χ2n) is 12.6. The Morgan fingerprint density at radius 3 is 1.57 bits per heavy atom. The van der Waals surface area contributed by atoms with Crippen LogP contribution in [-0.2, 0) is 19.1 Å². The molecule has 0 rings (SSSR count). The molecule has 2 N–H and O–H groups in total. The Labute approximate surface area is 282 Å². The Morgan fingerprint density at radius 1 is 0.587 bits per heavy atom. The topological polar surface area (TPSA) is 93.1 Å². The highest BCUT2D eigenvalue weighted by molar-refractivity contribution is 5.69. The largest absolute Gasteiger partial charge is 0.463 e. The molecule has 0 aliphatic carbocycles. The lowest BCUT2D eigenvalue weighted by Gasteiger charge is -2.12. The van der Waals surface area contributed by atoms with E-state index in [-0.39, 0.29) is 31.3 Å². The summed E-state index contributed by atoms with van der Waals surface area (Å²) in [5.41, 5.74) is 0. The number of aliphatic hydroxyl groups excluding tert-OH is 2. The fourth-order valence-electron chi connectivity index (χ4n) is 4.67. The van der Waals surface area contributed by atoms with Crippen molar-refractivity contribution in [2.75, 3.05) is 13.2 Å². The van der Waals surface area contributed by atoms with Crippen LogP contribution in [0.4, 0.5) is 0 Å². The molecule has 0 aromatic heterocycles. The van der Waals surface area contributed by atoms with Crippen LogP contribution in [0.2, 0.25) is 0 Å². The van der Waals surface area contributed by atoms with Crippen LogP contribution in [0.25, 0.3) is 0 Å². The SMILES string of the molecule is CC[C@H](O)/C=C/C=C\C/C=C\C/C=C\C/C=C\CCCC(=O)OC[C@@H](O)COC(=O)CCCCCCCCCCCCCC(C)C. The minimum absolute atomic E-state index is 0.144.